The van der Waals surface area contributed by atoms with Gasteiger partial charge in [0.25, 0.3) is 0 Å². The van der Waals surface area contributed by atoms with Gasteiger partial charge < -0.3 is 0 Å². The first-order valence-electron chi connectivity index (χ1n) is 13.5. The van der Waals surface area contributed by atoms with Gasteiger partial charge in [-0.05, 0) is 0 Å². The molecule has 1 spiro atoms. The summed E-state index contributed by atoms with van der Waals surface area (Å²) in [4.78, 5) is 0. The molecule has 0 amide bonds. The van der Waals surface area contributed by atoms with Gasteiger partial charge in [0.1, 0.15) is 0 Å². The van der Waals surface area contributed by atoms with Crippen LogP contribution in [-0.4, -0.2) is 54.8 Å². The van der Waals surface area contributed by atoms with Gasteiger partial charge in [-0.1, -0.05) is 0 Å². The number of fused-ring (bicyclic) bond motifs is 2. The summed E-state index contributed by atoms with van der Waals surface area (Å²) in [7, 11) is -2.26. The SMILES string of the molecule is COc1ccc2c(c1)O[Si-2]13(C)([N+]#C[S-])Oc4cc(OC)ccc4C(c4ccccc4)=[N+]1CC[N+]3=C2c1ccccc1. The molecule has 1 fully saturated rings. The summed E-state index contributed by atoms with van der Waals surface area (Å²) in [6.07, 6.45) is 0. The Balaban J connectivity index is 1.71. The van der Waals surface area contributed by atoms with Gasteiger partial charge in [0.15, 0.2) is 0 Å². The molecule has 7 rings (SSSR count). The van der Waals surface area contributed by atoms with Crippen molar-refractivity contribution in [3.05, 3.63) is 124 Å². The first kappa shape index (κ1) is 25.3. The zero-order valence-electron chi connectivity index (χ0n) is 23.0. The first-order valence-corrected chi connectivity index (χ1v) is 17.1. The summed E-state index contributed by atoms with van der Waals surface area (Å²) in [6, 6.07) is 32.3. The molecule has 4 aromatic carbocycles. The van der Waals surface area contributed by atoms with Gasteiger partial charge >= 0.3 is 245 Å². The van der Waals surface area contributed by atoms with Gasteiger partial charge in [0, 0.05) is 0 Å². The Kier molecular flexibility index (Phi) is 5.20. The van der Waals surface area contributed by atoms with Gasteiger partial charge in [-0.25, -0.2) is 0 Å². The van der Waals surface area contributed by atoms with Crippen LogP contribution in [0.5, 0.6) is 23.0 Å². The van der Waals surface area contributed by atoms with Crippen molar-refractivity contribution in [1.29, 1.82) is 0 Å². The number of methoxy groups -OCH3 is 2. The van der Waals surface area contributed by atoms with Crippen molar-refractivity contribution in [3.8, 4) is 28.4 Å². The van der Waals surface area contributed by atoms with E-state index in [0.29, 0.717) is 36.1 Å². The van der Waals surface area contributed by atoms with Crippen LogP contribution in [0, 0.1) is 5.40 Å². The van der Waals surface area contributed by atoms with E-state index in [1.807, 2.05) is 79.3 Å². The monoisotopic (exact) mass is 579 g/mol. The zero-order valence-corrected chi connectivity index (χ0v) is 24.9. The Labute approximate surface area is 244 Å². The van der Waals surface area contributed by atoms with Crippen molar-refractivity contribution in [2.24, 2.45) is 0 Å². The molecule has 0 atom stereocenters. The molecule has 0 aromatic heterocycles. The van der Waals surface area contributed by atoms with Crippen LogP contribution in [0.2, 0.25) is 6.55 Å². The predicted octanol–water partition coefficient (Wildman–Crippen LogP) is 5.21. The van der Waals surface area contributed by atoms with Crippen molar-refractivity contribution in [3.63, 3.8) is 0 Å². The average Bonchev–Trinajstić information content (AvgIpc) is 3.28. The van der Waals surface area contributed by atoms with Gasteiger partial charge in [0.2, 0.25) is 0 Å². The minimum atomic E-state index is -5.54. The molecule has 3 heterocycles. The maximum absolute atomic E-state index is 7.37. The van der Waals surface area contributed by atoms with Crippen LogP contribution in [0.4, 0.5) is 0 Å². The molecule has 4 aromatic rings. The Bertz CT molecular complexity index is 1770. The Morgan fingerprint density at radius 3 is 1.54 bits per heavy atom. The molecular weight excluding hydrogens is 551 g/mol. The molecule has 0 radical (unpaired) electrons. The van der Waals surface area contributed by atoms with E-state index in [2.05, 4.69) is 38.1 Å². The third kappa shape index (κ3) is 3.23. The van der Waals surface area contributed by atoms with E-state index in [1.165, 1.54) is 0 Å². The zero-order chi connectivity index (χ0) is 28.3. The molecule has 0 saturated carbocycles. The number of thiocyanates is 1. The Hall–Kier alpha value is -4.65. The van der Waals surface area contributed by atoms with Crippen LogP contribution in [-0.2, 0) is 12.6 Å². The van der Waals surface area contributed by atoms with E-state index in [0.717, 1.165) is 33.7 Å². The average molecular weight is 580 g/mol. The fourth-order valence-electron chi connectivity index (χ4n) is 6.84. The molecule has 9 heteroatoms. The number of rotatable bonds is 4. The van der Waals surface area contributed by atoms with Crippen LogP contribution >= 0.6 is 0 Å². The maximum atomic E-state index is 7.37. The van der Waals surface area contributed by atoms with Crippen LogP contribution in [0.3, 0.4) is 0 Å². The second-order valence-corrected chi connectivity index (χ2v) is 16.8. The molecule has 206 valence electrons. The van der Waals surface area contributed by atoms with Crippen LogP contribution in [0.1, 0.15) is 22.3 Å². The van der Waals surface area contributed by atoms with Gasteiger partial charge in [-0.15, -0.1) is 0 Å². The third-order valence-electron chi connectivity index (χ3n) is 8.66. The van der Waals surface area contributed by atoms with E-state index in [-0.39, 0.29) is 0 Å². The quantitative estimate of drug-likeness (QED) is 0.189. The van der Waals surface area contributed by atoms with Gasteiger partial charge in [-0.3, -0.25) is 0 Å². The molecule has 1 saturated heterocycles. The van der Waals surface area contributed by atoms with Crippen molar-refractivity contribution in [1.82, 2.24) is 0 Å². The summed E-state index contributed by atoms with van der Waals surface area (Å²) < 4.78 is 35.6. The van der Waals surface area contributed by atoms with E-state index in [1.54, 1.807) is 14.2 Å². The first-order chi connectivity index (χ1) is 19.9. The number of hydrogen-bond acceptors (Lipinski definition) is 5. The van der Waals surface area contributed by atoms with Crippen molar-refractivity contribution in [2.75, 3.05) is 27.3 Å². The summed E-state index contributed by atoms with van der Waals surface area (Å²) in [5.74, 6) is 2.53. The number of benzene rings is 4. The summed E-state index contributed by atoms with van der Waals surface area (Å²) in [6.45, 7) is 3.16. The van der Waals surface area contributed by atoms with Crippen LogP contribution < -0.4 is 18.3 Å². The fourth-order valence-corrected chi connectivity index (χ4v) is 13.6. The Morgan fingerprint density at radius 1 is 0.707 bits per heavy atom. The predicted molar refractivity (Wildman–Crippen MR) is 163 cm³/mol. The number of nitrogens with zero attached hydrogens (tertiary/aromatic N) is 3. The second-order valence-electron chi connectivity index (χ2n) is 10.9. The van der Waals surface area contributed by atoms with E-state index in [9.17, 15) is 0 Å². The molecule has 3 aliphatic heterocycles. The van der Waals surface area contributed by atoms with Gasteiger partial charge in [-0.2, -0.15) is 0 Å². The normalized spacial score (nSPS) is 20.0. The molecule has 0 bridgehead atoms. The second kappa shape index (κ2) is 8.43. The molecule has 0 unspecified atom stereocenters. The Morgan fingerprint density at radius 2 is 1.15 bits per heavy atom. The third-order valence-corrected chi connectivity index (χ3v) is 15.0. The number of ether oxygens (including phenoxy) is 2. The molecular formula is C32H29N3O4SSi. The van der Waals surface area contributed by atoms with Crippen molar-refractivity contribution < 1.29 is 26.8 Å². The minimum absolute atomic E-state index is 0.582. The molecule has 0 aliphatic carbocycles. The van der Waals surface area contributed by atoms with Crippen molar-refractivity contribution >= 4 is 31.7 Å². The summed E-state index contributed by atoms with van der Waals surface area (Å²) in [5, 5.41) is 2.75. The molecule has 41 heavy (non-hydrogen) atoms. The van der Waals surface area contributed by atoms with E-state index < -0.39 is 7.60 Å². The standard InChI is InChI=1S/C32H30N3O4SSi/c1-36-25-14-16-27-29(20-25)38-41(3,33-22-40)34(31(27)23-10-6-4-7-11-23)18-19-35(41)32(24-12-8-5-9-13-24)28-17-15-26(37-2)21-30(28)39-41/h4-17,20-21,40H,18-19H2,1-3H3/q+1/p-1. The fraction of sp³-hybridized carbons (Fsp3) is 0.156. The van der Waals surface area contributed by atoms with Crippen LogP contribution in [0.25, 0.3) is 4.51 Å². The molecule has 0 N–H and O–H groups in total. The topological polar surface area (TPSA) is 47.3 Å². The summed E-state index contributed by atoms with van der Waals surface area (Å²) in [5.41, 5.74) is 5.78. The van der Waals surface area contributed by atoms with E-state index >= 15 is 0 Å². The summed E-state index contributed by atoms with van der Waals surface area (Å²) >= 11 is 5.43. The van der Waals surface area contributed by atoms with E-state index in [4.69, 9.17) is 35.5 Å². The molecule has 3 aliphatic rings. The molecule has 7 nitrogen and oxygen atoms in total. The number of hydrogen-bond donors (Lipinski definition) is 0. The van der Waals surface area contributed by atoms with Crippen LogP contribution in [0.15, 0.2) is 97.1 Å². The van der Waals surface area contributed by atoms with Gasteiger partial charge in [0.05, 0.1) is 0 Å². The van der Waals surface area contributed by atoms with Crippen molar-refractivity contribution in [2.45, 2.75) is 6.55 Å².